The minimum atomic E-state index is 0.292. The zero-order valence-corrected chi connectivity index (χ0v) is 15.5. The van der Waals surface area contributed by atoms with Gasteiger partial charge >= 0.3 is 0 Å². The standard InChI is InChI=1S/C21H26N4/c1-5-14(6-2)20-22-17-12-15(11-13(3)19(17)24-20)21-23-16-9-7-8-10-18(16)25(21)4/h7-11,14-15H,5-6,12H2,1-4H3,(H,22,24). The maximum atomic E-state index is 4.92. The fourth-order valence-electron chi connectivity index (χ4n) is 4.09. The lowest BCUT2D eigenvalue weighted by atomic mass is 9.91. The first kappa shape index (κ1) is 16.1. The number of rotatable bonds is 4. The molecule has 0 fully saturated rings. The summed E-state index contributed by atoms with van der Waals surface area (Å²) < 4.78 is 2.23. The highest BCUT2D eigenvalue weighted by Gasteiger charge is 2.26. The molecule has 4 heteroatoms. The van der Waals surface area contributed by atoms with E-state index in [0.29, 0.717) is 11.8 Å². The van der Waals surface area contributed by atoms with Crippen molar-refractivity contribution in [2.24, 2.45) is 7.05 Å². The Bertz CT molecular complexity index is 940. The van der Waals surface area contributed by atoms with Gasteiger partial charge in [0.25, 0.3) is 0 Å². The number of imidazole rings is 2. The second-order valence-electron chi connectivity index (χ2n) is 7.14. The van der Waals surface area contributed by atoms with Crippen LogP contribution in [0, 0.1) is 0 Å². The maximum Gasteiger partial charge on any atom is 0.116 e. The average Bonchev–Trinajstić information content (AvgIpc) is 3.18. The second kappa shape index (κ2) is 6.17. The molecule has 0 aliphatic heterocycles. The normalized spacial score (nSPS) is 17.2. The van der Waals surface area contributed by atoms with E-state index in [4.69, 9.17) is 9.97 Å². The zero-order chi connectivity index (χ0) is 17.6. The first-order valence-corrected chi connectivity index (χ1v) is 9.31. The van der Waals surface area contributed by atoms with Crippen LogP contribution in [0.15, 0.2) is 30.3 Å². The van der Waals surface area contributed by atoms with Gasteiger partial charge in [-0.3, -0.25) is 0 Å². The molecule has 130 valence electrons. The van der Waals surface area contributed by atoms with Crippen LogP contribution in [0.1, 0.15) is 68.5 Å². The van der Waals surface area contributed by atoms with E-state index in [1.54, 1.807) is 0 Å². The average molecular weight is 334 g/mol. The number of para-hydroxylation sites is 2. The van der Waals surface area contributed by atoms with E-state index in [9.17, 15) is 0 Å². The summed E-state index contributed by atoms with van der Waals surface area (Å²) in [6.07, 6.45) is 5.53. The van der Waals surface area contributed by atoms with Gasteiger partial charge in [0, 0.05) is 31.0 Å². The molecule has 1 atom stereocenters. The predicted molar refractivity (Wildman–Crippen MR) is 103 cm³/mol. The maximum absolute atomic E-state index is 4.92. The van der Waals surface area contributed by atoms with Crippen molar-refractivity contribution in [1.29, 1.82) is 0 Å². The third kappa shape index (κ3) is 2.60. The summed E-state index contributed by atoms with van der Waals surface area (Å²) in [5.41, 5.74) is 5.93. The topological polar surface area (TPSA) is 46.5 Å². The monoisotopic (exact) mass is 334 g/mol. The molecular formula is C21H26N4. The van der Waals surface area contributed by atoms with Gasteiger partial charge in [0.1, 0.15) is 11.6 Å². The number of aromatic nitrogens is 4. The van der Waals surface area contributed by atoms with E-state index in [2.05, 4.69) is 67.7 Å². The Morgan fingerprint density at radius 3 is 2.68 bits per heavy atom. The van der Waals surface area contributed by atoms with Gasteiger partial charge < -0.3 is 9.55 Å². The molecule has 4 rings (SSSR count). The number of fused-ring (bicyclic) bond motifs is 2. The van der Waals surface area contributed by atoms with Crippen molar-refractivity contribution in [3.8, 4) is 0 Å². The van der Waals surface area contributed by atoms with Crippen LogP contribution in [0.3, 0.4) is 0 Å². The van der Waals surface area contributed by atoms with E-state index < -0.39 is 0 Å². The molecule has 0 saturated heterocycles. The Balaban J connectivity index is 1.73. The van der Waals surface area contributed by atoms with E-state index in [1.165, 1.54) is 16.8 Å². The fraction of sp³-hybridized carbons (Fsp3) is 0.429. The first-order chi connectivity index (χ1) is 12.1. The van der Waals surface area contributed by atoms with Gasteiger partial charge in [-0.1, -0.05) is 32.1 Å². The van der Waals surface area contributed by atoms with Crippen molar-refractivity contribution < 1.29 is 0 Å². The Hall–Kier alpha value is -2.36. The van der Waals surface area contributed by atoms with Crippen molar-refractivity contribution >= 4 is 16.6 Å². The number of hydrogen-bond acceptors (Lipinski definition) is 2. The Morgan fingerprint density at radius 2 is 1.96 bits per heavy atom. The molecule has 0 saturated carbocycles. The van der Waals surface area contributed by atoms with Crippen LogP contribution in [0.4, 0.5) is 0 Å². The summed E-state index contributed by atoms with van der Waals surface area (Å²) in [4.78, 5) is 13.4. The molecule has 0 radical (unpaired) electrons. The molecule has 1 aliphatic carbocycles. The molecule has 25 heavy (non-hydrogen) atoms. The lowest BCUT2D eigenvalue weighted by molar-refractivity contribution is 0.606. The summed E-state index contributed by atoms with van der Waals surface area (Å²) in [6, 6.07) is 8.35. The fourth-order valence-corrected chi connectivity index (χ4v) is 4.09. The molecule has 1 aromatic carbocycles. The number of aromatic amines is 1. The summed E-state index contributed by atoms with van der Waals surface area (Å²) in [7, 11) is 2.12. The SMILES string of the molecule is CCC(CC)c1nc2c([nH]1)CC(c1nc3ccccc3n1C)C=C2C. The van der Waals surface area contributed by atoms with E-state index in [1.807, 2.05) is 0 Å². The number of hydrogen-bond donors (Lipinski definition) is 1. The molecule has 0 bridgehead atoms. The summed E-state index contributed by atoms with van der Waals surface area (Å²) >= 11 is 0. The van der Waals surface area contributed by atoms with Crippen molar-refractivity contribution in [3.05, 3.63) is 53.4 Å². The molecule has 0 spiro atoms. The van der Waals surface area contributed by atoms with Gasteiger partial charge in [0.05, 0.1) is 16.7 Å². The van der Waals surface area contributed by atoms with Crippen LogP contribution in [0.25, 0.3) is 16.6 Å². The summed E-state index contributed by atoms with van der Waals surface area (Å²) in [6.45, 7) is 6.65. The third-order valence-electron chi connectivity index (χ3n) is 5.57. The smallest absolute Gasteiger partial charge is 0.116 e. The van der Waals surface area contributed by atoms with Gasteiger partial charge in [-0.2, -0.15) is 0 Å². The van der Waals surface area contributed by atoms with E-state index in [-0.39, 0.29) is 0 Å². The highest BCUT2D eigenvalue weighted by atomic mass is 15.1. The zero-order valence-electron chi connectivity index (χ0n) is 15.5. The van der Waals surface area contributed by atoms with Crippen LogP contribution in [-0.2, 0) is 13.5 Å². The van der Waals surface area contributed by atoms with Crippen LogP contribution in [-0.4, -0.2) is 19.5 Å². The molecule has 2 heterocycles. The molecular weight excluding hydrogens is 308 g/mol. The van der Waals surface area contributed by atoms with Crippen molar-refractivity contribution in [2.45, 2.75) is 51.9 Å². The van der Waals surface area contributed by atoms with Crippen LogP contribution >= 0.6 is 0 Å². The molecule has 2 aromatic heterocycles. The number of H-pyrrole nitrogens is 1. The Kier molecular flexibility index (Phi) is 3.98. The number of aryl methyl sites for hydroxylation is 1. The predicted octanol–water partition coefficient (Wildman–Crippen LogP) is 4.94. The van der Waals surface area contributed by atoms with Gasteiger partial charge in [-0.25, -0.2) is 9.97 Å². The highest BCUT2D eigenvalue weighted by molar-refractivity contribution is 5.76. The van der Waals surface area contributed by atoms with Crippen molar-refractivity contribution in [3.63, 3.8) is 0 Å². The van der Waals surface area contributed by atoms with Crippen molar-refractivity contribution in [2.75, 3.05) is 0 Å². The number of nitrogens with zero attached hydrogens (tertiary/aromatic N) is 3. The Morgan fingerprint density at radius 1 is 1.20 bits per heavy atom. The second-order valence-corrected chi connectivity index (χ2v) is 7.14. The lowest BCUT2D eigenvalue weighted by Gasteiger charge is -2.18. The minimum absolute atomic E-state index is 0.292. The van der Waals surface area contributed by atoms with E-state index >= 15 is 0 Å². The van der Waals surface area contributed by atoms with Gasteiger partial charge in [-0.05, 0) is 37.5 Å². The van der Waals surface area contributed by atoms with Gasteiger partial charge in [0.15, 0.2) is 0 Å². The molecule has 1 N–H and O–H groups in total. The third-order valence-corrected chi connectivity index (χ3v) is 5.57. The lowest BCUT2D eigenvalue weighted by Crippen LogP contribution is -2.12. The molecule has 0 amide bonds. The molecule has 4 nitrogen and oxygen atoms in total. The molecule has 1 unspecified atom stereocenters. The van der Waals surface area contributed by atoms with E-state index in [0.717, 1.165) is 42.1 Å². The summed E-state index contributed by atoms with van der Waals surface area (Å²) in [5.74, 6) is 3.09. The quantitative estimate of drug-likeness (QED) is 0.734. The largest absolute Gasteiger partial charge is 0.345 e. The molecule has 1 aliphatic rings. The molecule has 3 aromatic rings. The van der Waals surface area contributed by atoms with Crippen LogP contribution in [0.2, 0.25) is 0 Å². The van der Waals surface area contributed by atoms with Gasteiger partial charge in [-0.15, -0.1) is 0 Å². The Labute approximate surface area is 149 Å². The number of benzene rings is 1. The summed E-state index contributed by atoms with van der Waals surface area (Å²) in [5, 5.41) is 0. The van der Waals surface area contributed by atoms with Crippen molar-refractivity contribution in [1.82, 2.24) is 19.5 Å². The van der Waals surface area contributed by atoms with Crippen LogP contribution < -0.4 is 0 Å². The minimum Gasteiger partial charge on any atom is -0.345 e. The highest BCUT2D eigenvalue weighted by Crippen LogP contribution is 2.35. The number of nitrogens with one attached hydrogen (secondary N) is 1. The number of allylic oxidation sites excluding steroid dienone is 2. The first-order valence-electron chi connectivity index (χ1n) is 9.31. The van der Waals surface area contributed by atoms with Crippen LogP contribution in [0.5, 0.6) is 0 Å². The van der Waals surface area contributed by atoms with Gasteiger partial charge in [0.2, 0.25) is 0 Å².